The summed E-state index contributed by atoms with van der Waals surface area (Å²) in [6.45, 7) is 1.80. The maximum Gasteiger partial charge on any atom is 0.275 e. The fourth-order valence-electron chi connectivity index (χ4n) is 1.47. The monoisotopic (exact) mass is 375 g/mol. The summed E-state index contributed by atoms with van der Waals surface area (Å²) in [4.78, 5) is 15.9. The Morgan fingerprint density at radius 3 is 2.65 bits per heavy atom. The summed E-state index contributed by atoms with van der Waals surface area (Å²) in [7, 11) is -3.80. The number of carbonyl (C=O) groups is 1. The third-order valence-corrected chi connectivity index (χ3v) is 5.01. The Kier molecular flexibility index (Phi) is 4.23. The van der Waals surface area contributed by atoms with Crippen LogP contribution in [0.3, 0.4) is 0 Å². The quantitative estimate of drug-likeness (QED) is 0.857. The summed E-state index contributed by atoms with van der Waals surface area (Å²) in [5.74, 6) is -0.357. The molecule has 0 unspecified atom stereocenters. The first-order valence-corrected chi connectivity index (χ1v) is 8.55. The fourth-order valence-corrected chi connectivity index (χ4v) is 3.71. The van der Waals surface area contributed by atoms with Crippen LogP contribution in [0.4, 0.5) is 5.69 Å². The standard InChI is InChI=1S/C11H10BrN3O3S2/c1-6-14-9(5-19-6)11(16)15-7-2-3-10(8(12)4-7)20(13,17)18/h2-5H,1H3,(H,15,16)(H2,13,17,18). The van der Waals surface area contributed by atoms with Gasteiger partial charge in [0.2, 0.25) is 10.0 Å². The lowest BCUT2D eigenvalue weighted by Gasteiger charge is -2.06. The molecule has 9 heteroatoms. The number of nitrogens with one attached hydrogen (secondary N) is 1. The van der Waals surface area contributed by atoms with Crippen LogP contribution in [0.1, 0.15) is 15.5 Å². The van der Waals surface area contributed by atoms with Gasteiger partial charge in [0.25, 0.3) is 5.91 Å². The van der Waals surface area contributed by atoms with Gasteiger partial charge >= 0.3 is 0 Å². The van der Waals surface area contributed by atoms with Crippen LogP contribution < -0.4 is 10.5 Å². The molecule has 1 aromatic heterocycles. The van der Waals surface area contributed by atoms with Crippen molar-refractivity contribution in [1.29, 1.82) is 0 Å². The van der Waals surface area contributed by atoms with Gasteiger partial charge in [-0.15, -0.1) is 11.3 Å². The minimum atomic E-state index is -3.80. The number of anilines is 1. The van der Waals surface area contributed by atoms with Gasteiger partial charge in [0.05, 0.1) is 9.90 Å². The molecule has 1 aromatic carbocycles. The smallest absolute Gasteiger partial charge is 0.275 e. The number of carbonyl (C=O) groups excluding carboxylic acids is 1. The van der Waals surface area contributed by atoms with Gasteiger partial charge in [-0.2, -0.15) is 0 Å². The van der Waals surface area contributed by atoms with Crippen LogP contribution in [0.2, 0.25) is 0 Å². The maximum atomic E-state index is 11.9. The van der Waals surface area contributed by atoms with Crippen LogP contribution in [-0.2, 0) is 10.0 Å². The molecule has 0 saturated heterocycles. The largest absolute Gasteiger partial charge is 0.321 e. The van der Waals surface area contributed by atoms with Gasteiger partial charge < -0.3 is 5.32 Å². The zero-order chi connectivity index (χ0) is 14.9. The predicted octanol–water partition coefficient (Wildman–Crippen LogP) is 2.11. The molecule has 2 rings (SSSR count). The molecule has 0 aliphatic rings. The molecule has 106 valence electrons. The summed E-state index contributed by atoms with van der Waals surface area (Å²) in [5.41, 5.74) is 0.763. The molecule has 0 atom stereocenters. The van der Waals surface area contributed by atoms with E-state index >= 15 is 0 Å². The highest BCUT2D eigenvalue weighted by Gasteiger charge is 2.14. The van der Waals surface area contributed by atoms with Crippen molar-refractivity contribution in [3.05, 3.63) is 38.8 Å². The second-order valence-corrected chi connectivity index (χ2v) is 7.34. The second-order valence-electron chi connectivity index (χ2n) is 3.90. The number of nitrogens with zero attached hydrogens (tertiary/aromatic N) is 1. The molecular weight excluding hydrogens is 366 g/mol. The van der Waals surface area contributed by atoms with E-state index in [2.05, 4.69) is 26.2 Å². The molecule has 3 N–H and O–H groups in total. The number of hydrogen-bond acceptors (Lipinski definition) is 5. The normalized spacial score (nSPS) is 11.3. The van der Waals surface area contributed by atoms with Gasteiger partial charge in [-0.3, -0.25) is 4.79 Å². The van der Waals surface area contributed by atoms with E-state index in [1.165, 1.54) is 29.5 Å². The molecule has 2 aromatic rings. The van der Waals surface area contributed by atoms with E-state index in [-0.39, 0.29) is 15.3 Å². The highest BCUT2D eigenvalue weighted by molar-refractivity contribution is 9.10. The molecule has 0 aliphatic carbocycles. The molecule has 0 fully saturated rings. The van der Waals surface area contributed by atoms with Crippen molar-refractivity contribution >= 4 is 48.9 Å². The topological polar surface area (TPSA) is 102 Å². The molecule has 1 amide bonds. The molecule has 0 spiro atoms. The lowest BCUT2D eigenvalue weighted by atomic mass is 10.3. The summed E-state index contributed by atoms with van der Waals surface area (Å²) >= 11 is 4.48. The minimum Gasteiger partial charge on any atom is -0.321 e. The van der Waals surface area contributed by atoms with Gasteiger partial charge in [0.15, 0.2) is 0 Å². The highest BCUT2D eigenvalue weighted by atomic mass is 79.9. The van der Waals surface area contributed by atoms with Crippen molar-refractivity contribution in [2.45, 2.75) is 11.8 Å². The van der Waals surface area contributed by atoms with Gasteiger partial charge in [-0.25, -0.2) is 18.5 Å². The van der Waals surface area contributed by atoms with E-state index in [1.54, 1.807) is 12.3 Å². The van der Waals surface area contributed by atoms with Gasteiger partial charge in [-0.1, -0.05) is 0 Å². The van der Waals surface area contributed by atoms with E-state index in [1.807, 2.05) is 0 Å². The number of aromatic nitrogens is 1. The first-order valence-electron chi connectivity index (χ1n) is 5.33. The zero-order valence-corrected chi connectivity index (χ0v) is 13.5. The van der Waals surface area contributed by atoms with E-state index in [0.717, 1.165) is 5.01 Å². The number of hydrogen-bond donors (Lipinski definition) is 2. The van der Waals surface area contributed by atoms with Crippen LogP contribution in [0.25, 0.3) is 0 Å². The molecule has 6 nitrogen and oxygen atoms in total. The summed E-state index contributed by atoms with van der Waals surface area (Å²) in [5, 5.41) is 10.1. The average Bonchev–Trinajstić information content (AvgIpc) is 2.74. The Morgan fingerprint density at radius 2 is 2.15 bits per heavy atom. The second kappa shape index (κ2) is 5.60. The zero-order valence-electron chi connectivity index (χ0n) is 10.3. The van der Waals surface area contributed by atoms with Gasteiger partial charge in [0.1, 0.15) is 5.69 Å². The fraction of sp³-hybridized carbons (Fsp3) is 0.0909. The van der Waals surface area contributed by atoms with Crippen molar-refractivity contribution < 1.29 is 13.2 Å². The van der Waals surface area contributed by atoms with Crippen LogP contribution in [0.5, 0.6) is 0 Å². The van der Waals surface area contributed by atoms with Crippen molar-refractivity contribution in [3.8, 4) is 0 Å². The summed E-state index contributed by atoms with van der Waals surface area (Å²) in [6.07, 6.45) is 0. The Bertz CT molecular complexity index is 771. The third kappa shape index (κ3) is 3.42. The average molecular weight is 376 g/mol. The Hall–Kier alpha value is -1.29. The van der Waals surface area contributed by atoms with Crippen LogP contribution in [0, 0.1) is 6.92 Å². The van der Waals surface area contributed by atoms with Crippen LogP contribution >= 0.6 is 27.3 Å². The SMILES string of the molecule is Cc1nc(C(=O)Nc2ccc(S(N)(=O)=O)c(Br)c2)cs1. The van der Waals surface area contributed by atoms with Crippen molar-refractivity contribution in [1.82, 2.24) is 4.98 Å². The van der Waals surface area contributed by atoms with E-state index < -0.39 is 10.0 Å². The van der Waals surface area contributed by atoms with Gasteiger partial charge in [0, 0.05) is 15.5 Å². The minimum absolute atomic E-state index is 0.0417. The molecule has 0 saturated carbocycles. The first kappa shape index (κ1) is 15.1. The number of nitrogens with two attached hydrogens (primary N) is 1. The number of thiazole rings is 1. The van der Waals surface area contributed by atoms with Crippen LogP contribution in [0.15, 0.2) is 32.9 Å². The first-order chi connectivity index (χ1) is 9.27. The van der Waals surface area contributed by atoms with E-state index in [9.17, 15) is 13.2 Å². The van der Waals surface area contributed by atoms with E-state index in [0.29, 0.717) is 11.4 Å². The molecule has 0 bridgehead atoms. The van der Waals surface area contributed by atoms with Crippen molar-refractivity contribution in [2.75, 3.05) is 5.32 Å². The van der Waals surface area contributed by atoms with Crippen molar-refractivity contribution in [2.24, 2.45) is 5.14 Å². The van der Waals surface area contributed by atoms with Gasteiger partial charge in [-0.05, 0) is 41.1 Å². The van der Waals surface area contributed by atoms with Crippen molar-refractivity contribution in [3.63, 3.8) is 0 Å². The number of amides is 1. The highest BCUT2D eigenvalue weighted by Crippen LogP contribution is 2.25. The Morgan fingerprint density at radius 1 is 1.45 bits per heavy atom. The summed E-state index contributed by atoms with van der Waals surface area (Å²) in [6, 6.07) is 4.25. The Labute approximate surface area is 128 Å². The predicted molar refractivity (Wildman–Crippen MR) is 80.3 cm³/mol. The molecule has 0 radical (unpaired) electrons. The van der Waals surface area contributed by atoms with E-state index in [4.69, 9.17) is 5.14 Å². The lowest BCUT2D eigenvalue weighted by molar-refractivity contribution is 0.102. The number of sulfonamides is 1. The molecule has 20 heavy (non-hydrogen) atoms. The molecular formula is C11H10BrN3O3S2. The maximum absolute atomic E-state index is 11.9. The number of benzene rings is 1. The lowest BCUT2D eigenvalue weighted by Crippen LogP contribution is -2.14. The molecule has 1 heterocycles. The Balaban J connectivity index is 2.23. The summed E-state index contributed by atoms with van der Waals surface area (Å²) < 4.78 is 22.8. The van der Waals surface area contributed by atoms with Crippen LogP contribution in [-0.4, -0.2) is 19.3 Å². The third-order valence-electron chi connectivity index (χ3n) is 2.35. The molecule has 0 aliphatic heterocycles. The number of aryl methyl sites for hydroxylation is 1. The number of halogens is 1. The number of primary sulfonamides is 1. The number of rotatable bonds is 3.